The Bertz CT molecular complexity index is 421. The highest BCUT2D eigenvalue weighted by molar-refractivity contribution is 14.0. The third kappa shape index (κ3) is 5.45. The lowest BCUT2D eigenvalue weighted by Crippen LogP contribution is -2.44. The number of guanidine groups is 1. The molecule has 0 bridgehead atoms. The van der Waals surface area contributed by atoms with Gasteiger partial charge in [-0.15, -0.1) is 24.0 Å². The first-order valence-electron chi connectivity index (χ1n) is 6.38. The molecule has 1 saturated heterocycles. The fraction of sp³-hybridized carbons (Fsp3) is 0.917. The van der Waals surface area contributed by atoms with Crippen molar-refractivity contribution in [2.24, 2.45) is 16.6 Å². The van der Waals surface area contributed by atoms with E-state index in [1.54, 1.807) is 13.8 Å². The summed E-state index contributed by atoms with van der Waals surface area (Å²) in [5.41, 5.74) is 5.94. The van der Waals surface area contributed by atoms with Gasteiger partial charge in [-0.25, -0.2) is 8.42 Å². The molecule has 0 aromatic heterocycles. The minimum absolute atomic E-state index is 0. The molecule has 1 fully saturated rings. The largest absolute Gasteiger partial charge is 0.370 e. The third-order valence-electron chi connectivity index (χ3n) is 3.61. The van der Waals surface area contributed by atoms with E-state index in [1.807, 2.05) is 4.90 Å². The van der Waals surface area contributed by atoms with Crippen LogP contribution in [-0.2, 0) is 9.84 Å². The van der Waals surface area contributed by atoms with E-state index < -0.39 is 14.6 Å². The van der Waals surface area contributed by atoms with Crippen LogP contribution in [0.25, 0.3) is 0 Å². The molecule has 1 aliphatic rings. The standard InChI is InChI=1S/C12H25N3O2S.HI/c1-10-6-5-7-15(8-10)11(13)14-9-12(2,3)18(4,16)17;/h10H,5-9H2,1-4H3,(H2,13,14);1H. The first-order chi connectivity index (χ1) is 8.13. The Balaban J connectivity index is 0.00000324. The van der Waals surface area contributed by atoms with E-state index in [9.17, 15) is 8.42 Å². The number of rotatable bonds is 3. The number of nitrogens with two attached hydrogens (primary N) is 1. The van der Waals surface area contributed by atoms with Crippen LogP contribution in [0.3, 0.4) is 0 Å². The van der Waals surface area contributed by atoms with Gasteiger partial charge in [-0.1, -0.05) is 6.92 Å². The van der Waals surface area contributed by atoms with Crippen molar-refractivity contribution in [3.63, 3.8) is 0 Å². The second-order valence-electron chi connectivity index (χ2n) is 5.90. The zero-order valence-electron chi connectivity index (χ0n) is 12.2. The van der Waals surface area contributed by atoms with E-state index in [1.165, 1.54) is 12.7 Å². The predicted octanol–water partition coefficient (Wildman–Crippen LogP) is 1.47. The molecular weight excluding hydrogens is 377 g/mol. The van der Waals surface area contributed by atoms with Crippen molar-refractivity contribution in [2.75, 3.05) is 25.9 Å². The van der Waals surface area contributed by atoms with Gasteiger partial charge in [0.2, 0.25) is 0 Å². The highest BCUT2D eigenvalue weighted by atomic mass is 127. The topological polar surface area (TPSA) is 75.8 Å². The molecule has 0 saturated carbocycles. The Kier molecular flexibility index (Phi) is 7.08. The van der Waals surface area contributed by atoms with E-state index in [-0.39, 0.29) is 30.5 Å². The van der Waals surface area contributed by atoms with Crippen molar-refractivity contribution < 1.29 is 8.42 Å². The maximum absolute atomic E-state index is 11.6. The Morgan fingerprint density at radius 1 is 1.47 bits per heavy atom. The van der Waals surface area contributed by atoms with Gasteiger partial charge in [-0.3, -0.25) is 4.99 Å². The van der Waals surface area contributed by atoms with Crippen LogP contribution in [0.4, 0.5) is 0 Å². The smallest absolute Gasteiger partial charge is 0.191 e. The van der Waals surface area contributed by atoms with Crippen molar-refractivity contribution in [3.8, 4) is 0 Å². The number of hydrogen-bond donors (Lipinski definition) is 1. The van der Waals surface area contributed by atoms with Gasteiger partial charge in [0, 0.05) is 19.3 Å². The van der Waals surface area contributed by atoms with Crippen LogP contribution in [0, 0.1) is 5.92 Å². The molecule has 1 atom stereocenters. The summed E-state index contributed by atoms with van der Waals surface area (Å²) >= 11 is 0. The van der Waals surface area contributed by atoms with Gasteiger partial charge in [0.25, 0.3) is 0 Å². The van der Waals surface area contributed by atoms with E-state index in [0.717, 1.165) is 19.5 Å². The summed E-state index contributed by atoms with van der Waals surface area (Å²) in [4.78, 5) is 6.31. The van der Waals surface area contributed by atoms with Crippen LogP contribution < -0.4 is 5.73 Å². The van der Waals surface area contributed by atoms with Gasteiger partial charge >= 0.3 is 0 Å². The summed E-state index contributed by atoms with van der Waals surface area (Å²) in [5.74, 6) is 1.09. The fourth-order valence-corrected chi connectivity index (χ4v) is 2.19. The number of nitrogens with zero attached hydrogens (tertiary/aromatic N) is 2. The minimum Gasteiger partial charge on any atom is -0.370 e. The van der Waals surface area contributed by atoms with Crippen LogP contribution in [0.1, 0.15) is 33.6 Å². The van der Waals surface area contributed by atoms with Gasteiger partial charge in [0.15, 0.2) is 15.8 Å². The molecule has 114 valence electrons. The zero-order chi connectivity index (χ0) is 14.0. The average Bonchev–Trinajstić information content (AvgIpc) is 2.24. The highest BCUT2D eigenvalue weighted by Gasteiger charge is 2.30. The molecule has 0 aromatic carbocycles. The molecule has 1 unspecified atom stereocenters. The number of piperidine rings is 1. The minimum atomic E-state index is -3.12. The van der Waals surface area contributed by atoms with Crippen LogP contribution in [0.15, 0.2) is 4.99 Å². The highest BCUT2D eigenvalue weighted by Crippen LogP contribution is 2.17. The van der Waals surface area contributed by atoms with E-state index in [4.69, 9.17) is 5.73 Å². The lowest BCUT2D eigenvalue weighted by Gasteiger charge is -2.32. The molecule has 2 N–H and O–H groups in total. The molecule has 0 spiro atoms. The number of hydrogen-bond acceptors (Lipinski definition) is 3. The van der Waals surface area contributed by atoms with Crippen molar-refractivity contribution in [1.82, 2.24) is 4.90 Å². The summed E-state index contributed by atoms with van der Waals surface area (Å²) in [5, 5.41) is 0. The number of aliphatic imine (C=N–C) groups is 1. The number of halogens is 1. The predicted molar refractivity (Wildman–Crippen MR) is 90.8 cm³/mol. The van der Waals surface area contributed by atoms with Crippen molar-refractivity contribution in [2.45, 2.75) is 38.4 Å². The fourth-order valence-electron chi connectivity index (χ4n) is 1.89. The van der Waals surface area contributed by atoms with Gasteiger partial charge in [0.05, 0.1) is 11.3 Å². The molecule has 1 aliphatic heterocycles. The van der Waals surface area contributed by atoms with Gasteiger partial charge in [-0.05, 0) is 32.6 Å². The second kappa shape index (κ2) is 7.10. The average molecular weight is 403 g/mol. The van der Waals surface area contributed by atoms with Gasteiger partial charge in [0.1, 0.15) is 0 Å². The SMILES string of the molecule is CC1CCCN(C(N)=NCC(C)(C)S(C)(=O)=O)C1.I. The molecule has 0 aliphatic carbocycles. The van der Waals surface area contributed by atoms with E-state index in [0.29, 0.717) is 11.9 Å². The maximum atomic E-state index is 11.6. The first kappa shape index (κ1) is 18.9. The van der Waals surface area contributed by atoms with Crippen molar-refractivity contribution in [3.05, 3.63) is 0 Å². The molecule has 0 radical (unpaired) electrons. The Hall–Kier alpha value is -0.0500. The quantitative estimate of drug-likeness (QED) is 0.440. The first-order valence-corrected chi connectivity index (χ1v) is 8.27. The Morgan fingerprint density at radius 3 is 2.53 bits per heavy atom. The van der Waals surface area contributed by atoms with Crippen LogP contribution >= 0.6 is 24.0 Å². The maximum Gasteiger partial charge on any atom is 0.191 e. The van der Waals surface area contributed by atoms with Crippen molar-refractivity contribution >= 4 is 39.8 Å². The second-order valence-corrected chi connectivity index (χ2v) is 8.55. The lowest BCUT2D eigenvalue weighted by molar-refractivity contribution is 0.270. The molecule has 19 heavy (non-hydrogen) atoms. The van der Waals surface area contributed by atoms with Gasteiger partial charge in [-0.2, -0.15) is 0 Å². The molecule has 1 rings (SSSR count). The number of sulfone groups is 1. The summed E-state index contributed by atoms with van der Waals surface area (Å²) in [6.45, 7) is 7.59. The monoisotopic (exact) mass is 403 g/mol. The van der Waals surface area contributed by atoms with Crippen molar-refractivity contribution in [1.29, 1.82) is 0 Å². The summed E-state index contributed by atoms with van der Waals surface area (Å²) in [6.07, 6.45) is 3.58. The van der Waals surface area contributed by atoms with Crippen LogP contribution in [0.2, 0.25) is 0 Å². The molecular formula is C12H26IN3O2S. The Morgan fingerprint density at radius 2 is 2.05 bits per heavy atom. The summed E-state index contributed by atoms with van der Waals surface area (Å²) < 4.78 is 22.3. The molecule has 0 aromatic rings. The van der Waals surface area contributed by atoms with Crippen LogP contribution in [-0.4, -0.2) is 49.9 Å². The molecule has 5 nitrogen and oxygen atoms in total. The van der Waals surface area contributed by atoms with Crippen LogP contribution in [0.5, 0.6) is 0 Å². The molecule has 0 amide bonds. The lowest BCUT2D eigenvalue weighted by atomic mass is 10.0. The third-order valence-corrected chi connectivity index (χ3v) is 5.74. The summed E-state index contributed by atoms with van der Waals surface area (Å²) in [7, 11) is -3.12. The molecule has 7 heteroatoms. The summed E-state index contributed by atoms with van der Waals surface area (Å²) in [6, 6.07) is 0. The normalized spacial score (nSPS) is 22.0. The molecule has 1 heterocycles. The zero-order valence-corrected chi connectivity index (χ0v) is 15.4. The number of likely N-dealkylation sites (tertiary alicyclic amines) is 1. The Labute approximate surface area is 134 Å². The van der Waals surface area contributed by atoms with E-state index in [2.05, 4.69) is 11.9 Å². The van der Waals surface area contributed by atoms with E-state index >= 15 is 0 Å². The van der Waals surface area contributed by atoms with Gasteiger partial charge < -0.3 is 10.6 Å².